The Balaban J connectivity index is 2.30. The molecule has 0 unspecified atom stereocenters. The molecular formula is C12H9BrCl2N2O. The summed E-state index contributed by atoms with van der Waals surface area (Å²) < 4.78 is 6.29. The van der Waals surface area contributed by atoms with Crippen molar-refractivity contribution in [2.24, 2.45) is 0 Å². The molecule has 6 heteroatoms. The first kappa shape index (κ1) is 13.6. The van der Waals surface area contributed by atoms with Crippen molar-refractivity contribution < 1.29 is 4.74 Å². The van der Waals surface area contributed by atoms with Crippen molar-refractivity contribution in [2.45, 2.75) is 13.3 Å². The maximum atomic E-state index is 6.03. The topological polar surface area (TPSA) is 35.0 Å². The highest BCUT2D eigenvalue weighted by Gasteiger charge is 2.07. The molecule has 2 rings (SSSR count). The first-order valence-electron chi connectivity index (χ1n) is 5.25. The lowest BCUT2D eigenvalue weighted by molar-refractivity contribution is 0.458. The number of ether oxygens (including phenoxy) is 1. The van der Waals surface area contributed by atoms with Gasteiger partial charge in [0.25, 0.3) is 0 Å². The van der Waals surface area contributed by atoms with E-state index in [1.54, 1.807) is 24.3 Å². The van der Waals surface area contributed by atoms with Crippen LogP contribution in [0.25, 0.3) is 0 Å². The predicted molar refractivity (Wildman–Crippen MR) is 75.6 cm³/mol. The summed E-state index contributed by atoms with van der Waals surface area (Å²) in [6.45, 7) is 1.97. The van der Waals surface area contributed by atoms with Crippen LogP contribution in [0, 0.1) is 0 Å². The maximum Gasteiger partial charge on any atom is 0.223 e. The maximum absolute atomic E-state index is 6.03. The molecule has 0 saturated carbocycles. The van der Waals surface area contributed by atoms with Crippen LogP contribution < -0.4 is 4.74 Å². The Bertz CT molecular complexity index is 578. The zero-order chi connectivity index (χ0) is 13.1. The summed E-state index contributed by atoms with van der Waals surface area (Å²) in [6, 6.07) is 6.71. The van der Waals surface area contributed by atoms with Gasteiger partial charge in [-0.1, -0.05) is 30.1 Å². The van der Waals surface area contributed by atoms with Gasteiger partial charge < -0.3 is 4.74 Å². The van der Waals surface area contributed by atoms with Crippen molar-refractivity contribution in [1.29, 1.82) is 0 Å². The van der Waals surface area contributed by atoms with Gasteiger partial charge in [0.15, 0.2) is 0 Å². The van der Waals surface area contributed by atoms with Crippen LogP contribution in [-0.4, -0.2) is 9.97 Å². The lowest BCUT2D eigenvalue weighted by Crippen LogP contribution is -1.96. The average molecular weight is 348 g/mol. The number of halogens is 3. The largest absolute Gasteiger partial charge is 0.437 e. The van der Waals surface area contributed by atoms with Crippen LogP contribution in [0.3, 0.4) is 0 Å². The summed E-state index contributed by atoms with van der Waals surface area (Å²) in [4.78, 5) is 8.46. The fraction of sp³-hybridized carbons (Fsp3) is 0.167. The average Bonchev–Trinajstić information content (AvgIpc) is 2.32. The van der Waals surface area contributed by atoms with E-state index >= 15 is 0 Å². The van der Waals surface area contributed by atoms with E-state index in [2.05, 4.69) is 25.9 Å². The number of aromatic nitrogens is 2. The van der Waals surface area contributed by atoms with Gasteiger partial charge in [-0.3, -0.25) is 0 Å². The van der Waals surface area contributed by atoms with Gasteiger partial charge in [0, 0.05) is 17.5 Å². The normalized spacial score (nSPS) is 10.4. The van der Waals surface area contributed by atoms with Gasteiger partial charge in [0.1, 0.15) is 16.2 Å². The Morgan fingerprint density at radius 1 is 1.22 bits per heavy atom. The third-order valence-electron chi connectivity index (χ3n) is 2.14. The number of hydrogen-bond acceptors (Lipinski definition) is 3. The molecule has 3 nitrogen and oxygen atoms in total. The molecule has 0 spiro atoms. The van der Waals surface area contributed by atoms with E-state index in [0.717, 1.165) is 6.42 Å². The SMILES string of the molecule is CCc1nc(Br)cc(Oc2ccc(Cl)cc2Cl)n1. The molecule has 0 amide bonds. The van der Waals surface area contributed by atoms with Crippen molar-refractivity contribution in [1.82, 2.24) is 9.97 Å². The fourth-order valence-electron chi connectivity index (χ4n) is 1.32. The van der Waals surface area contributed by atoms with E-state index in [0.29, 0.717) is 32.1 Å². The van der Waals surface area contributed by atoms with Gasteiger partial charge in [-0.25, -0.2) is 4.98 Å². The molecule has 0 saturated heterocycles. The van der Waals surface area contributed by atoms with Crippen LogP contribution in [0.5, 0.6) is 11.6 Å². The van der Waals surface area contributed by atoms with Crippen LogP contribution in [-0.2, 0) is 6.42 Å². The zero-order valence-electron chi connectivity index (χ0n) is 9.45. The molecule has 1 heterocycles. The molecule has 0 bridgehead atoms. The highest BCUT2D eigenvalue weighted by molar-refractivity contribution is 9.10. The Labute approximate surface area is 123 Å². The molecular weight excluding hydrogens is 339 g/mol. The molecule has 0 radical (unpaired) electrons. The summed E-state index contributed by atoms with van der Waals surface area (Å²) in [6.07, 6.45) is 0.726. The highest BCUT2D eigenvalue weighted by Crippen LogP contribution is 2.31. The molecule has 0 aliphatic rings. The molecule has 0 N–H and O–H groups in total. The van der Waals surface area contributed by atoms with E-state index in [9.17, 15) is 0 Å². The van der Waals surface area contributed by atoms with Gasteiger partial charge in [-0.05, 0) is 34.1 Å². The minimum Gasteiger partial charge on any atom is -0.437 e. The third kappa shape index (κ3) is 3.34. The van der Waals surface area contributed by atoms with Crippen LogP contribution in [0.15, 0.2) is 28.9 Å². The standard InChI is InChI=1S/C12H9BrCl2N2O/c1-2-11-16-10(13)6-12(17-11)18-9-4-3-7(14)5-8(9)15/h3-6H,2H2,1H3. The molecule has 1 aromatic heterocycles. The van der Waals surface area contributed by atoms with Gasteiger partial charge in [0.05, 0.1) is 5.02 Å². The number of benzene rings is 1. The Morgan fingerprint density at radius 2 is 2.00 bits per heavy atom. The molecule has 0 aliphatic heterocycles. The van der Waals surface area contributed by atoms with Crippen LogP contribution >= 0.6 is 39.1 Å². The van der Waals surface area contributed by atoms with E-state index in [1.807, 2.05) is 6.92 Å². The van der Waals surface area contributed by atoms with Crippen molar-refractivity contribution in [3.63, 3.8) is 0 Å². The van der Waals surface area contributed by atoms with E-state index < -0.39 is 0 Å². The molecule has 0 atom stereocenters. The summed E-state index contributed by atoms with van der Waals surface area (Å²) >= 11 is 15.2. The zero-order valence-corrected chi connectivity index (χ0v) is 12.6. The second-order valence-electron chi connectivity index (χ2n) is 3.48. The summed E-state index contributed by atoms with van der Waals surface area (Å²) in [5.41, 5.74) is 0. The molecule has 0 aliphatic carbocycles. The summed E-state index contributed by atoms with van der Waals surface area (Å²) in [5.74, 6) is 1.65. The molecule has 94 valence electrons. The number of aryl methyl sites for hydroxylation is 1. The fourth-order valence-corrected chi connectivity index (χ4v) is 2.17. The van der Waals surface area contributed by atoms with Crippen molar-refractivity contribution in [2.75, 3.05) is 0 Å². The van der Waals surface area contributed by atoms with Crippen LogP contribution in [0.2, 0.25) is 10.0 Å². The van der Waals surface area contributed by atoms with E-state index in [-0.39, 0.29) is 0 Å². The quantitative estimate of drug-likeness (QED) is 0.740. The van der Waals surface area contributed by atoms with Crippen LogP contribution in [0.1, 0.15) is 12.7 Å². The van der Waals surface area contributed by atoms with Gasteiger partial charge in [0.2, 0.25) is 5.88 Å². The Kier molecular flexibility index (Phi) is 4.43. The predicted octanol–water partition coefficient (Wildman–Crippen LogP) is 4.90. The Morgan fingerprint density at radius 3 is 2.67 bits per heavy atom. The van der Waals surface area contributed by atoms with Crippen molar-refractivity contribution in [3.05, 3.63) is 44.7 Å². The van der Waals surface area contributed by atoms with Crippen molar-refractivity contribution >= 4 is 39.1 Å². The van der Waals surface area contributed by atoms with Gasteiger partial charge >= 0.3 is 0 Å². The van der Waals surface area contributed by atoms with E-state index in [4.69, 9.17) is 27.9 Å². The third-order valence-corrected chi connectivity index (χ3v) is 3.08. The van der Waals surface area contributed by atoms with Gasteiger partial charge in [-0.15, -0.1) is 0 Å². The first-order valence-corrected chi connectivity index (χ1v) is 6.79. The van der Waals surface area contributed by atoms with Gasteiger partial charge in [-0.2, -0.15) is 4.98 Å². The molecule has 1 aromatic carbocycles. The van der Waals surface area contributed by atoms with Crippen LogP contribution in [0.4, 0.5) is 0 Å². The highest BCUT2D eigenvalue weighted by atomic mass is 79.9. The minimum absolute atomic E-state index is 0.440. The lowest BCUT2D eigenvalue weighted by Gasteiger charge is -2.08. The monoisotopic (exact) mass is 346 g/mol. The van der Waals surface area contributed by atoms with Crippen molar-refractivity contribution in [3.8, 4) is 11.6 Å². The number of hydrogen-bond donors (Lipinski definition) is 0. The minimum atomic E-state index is 0.440. The first-order chi connectivity index (χ1) is 8.58. The number of nitrogens with zero attached hydrogens (tertiary/aromatic N) is 2. The second-order valence-corrected chi connectivity index (χ2v) is 5.13. The summed E-state index contributed by atoms with van der Waals surface area (Å²) in [5, 5.41) is 1.00. The molecule has 18 heavy (non-hydrogen) atoms. The number of rotatable bonds is 3. The molecule has 0 fully saturated rings. The second kappa shape index (κ2) is 5.87. The Hall–Kier alpha value is -0.840. The smallest absolute Gasteiger partial charge is 0.223 e. The lowest BCUT2D eigenvalue weighted by atomic mass is 10.3. The summed E-state index contributed by atoms with van der Waals surface area (Å²) in [7, 11) is 0. The van der Waals surface area contributed by atoms with E-state index in [1.165, 1.54) is 0 Å². The molecule has 2 aromatic rings.